The maximum Gasteiger partial charge on any atom is 0.160 e. The van der Waals surface area contributed by atoms with Crippen molar-refractivity contribution >= 4 is 11.6 Å². The van der Waals surface area contributed by atoms with Crippen LogP contribution in [0.3, 0.4) is 0 Å². The summed E-state index contributed by atoms with van der Waals surface area (Å²) in [6.07, 6.45) is 5.41. The van der Waals surface area contributed by atoms with E-state index in [1.807, 2.05) is 19.9 Å². The van der Waals surface area contributed by atoms with E-state index in [0.717, 1.165) is 5.76 Å². The van der Waals surface area contributed by atoms with Gasteiger partial charge in [-0.05, 0) is 31.6 Å². The lowest BCUT2D eigenvalue weighted by Gasteiger charge is -2.35. The van der Waals surface area contributed by atoms with E-state index in [1.165, 1.54) is 12.2 Å². The van der Waals surface area contributed by atoms with Crippen molar-refractivity contribution in [1.29, 1.82) is 0 Å². The molecule has 0 fully saturated rings. The van der Waals surface area contributed by atoms with Gasteiger partial charge in [0.2, 0.25) is 0 Å². The van der Waals surface area contributed by atoms with Crippen LogP contribution < -0.4 is 0 Å². The number of fused-ring (bicyclic) bond motifs is 1. The van der Waals surface area contributed by atoms with Crippen LogP contribution in [0.2, 0.25) is 0 Å². The number of carbonyl (C=O) groups excluding carboxylic acids is 2. The van der Waals surface area contributed by atoms with Crippen molar-refractivity contribution in [2.45, 2.75) is 20.3 Å². The molecule has 0 aromatic carbocycles. The maximum atomic E-state index is 11.8. The van der Waals surface area contributed by atoms with Gasteiger partial charge in [0, 0.05) is 17.8 Å². The van der Waals surface area contributed by atoms with Gasteiger partial charge in [-0.2, -0.15) is 0 Å². The monoisotopic (exact) mass is 220 g/mol. The predicted molar refractivity (Wildman–Crippen MR) is 59.6 cm³/mol. The highest BCUT2D eigenvalue weighted by Gasteiger charge is 2.41. The molecule has 0 spiro atoms. The number of rotatable bonds is 2. The van der Waals surface area contributed by atoms with Gasteiger partial charge in [-0.3, -0.25) is 9.59 Å². The number of ether oxygens (including phenoxy) is 1. The van der Waals surface area contributed by atoms with Crippen molar-refractivity contribution in [1.82, 2.24) is 0 Å². The average molecular weight is 220 g/mol. The molecule has 0 radical (unpaired) electrons. The predicted octanol–water partition coefficient (Wildman–Crippen LogP) is 1.89. The normalized spacial score (nSPS) is 33.4. The van der Waals surface area contributed by atoms with E-state index in [0.29, 0.717) is 13.0 Å². The smallest absolute Gasteiger partial charge is 0.160 e. The average Bonchev–Trinajstić information content (AvgIpc) is 2.27. The first-order valence-corrected chi connectivity index (χ1v) is 5.73. The molecule has 0 bridgehead atoms. The van der Waals surface area contributed by atoms with Gasteiger partial charge in [-0.25, -0.2) is 0 Å². The minimum atomic E-state index is -0.218. The summed E-state index contributed by atoms with van der Waals surface area (Å²) in [4.78, 5) is 23.5. The van der Waals surface area contributed by atoms with Crippen LogP contribution in [0.5, 0.6) is 0 Å². The zero-order valence-electron chi connectivity index (χ0n) is 9.60. The van der Waals surface area contributed by atoms with Crippen molar-refractivity contribution in [3.8, 4) is 0 Å². The van der Waals surface area contributed by atoms with Crippen LogP contribution in [0, 0.1) is 17.8 Å². The van der Waals surface area contributed by atoms with Crippen LogP contribution in [-0.2, 0) is 14.3 Å². The molecule has 0 saturated carbocycles. The van der Waals surface area contributed by atoms with Gasteiger partial charge >= 0.3 is 0 Å². The molecule has 2 aliphatic carbocycles. The first kappa shape index (κ1) is 11.1. The highest BCUT2D eigenvalue weighted by atomic mass is 16.5. The largest absolute Gasteiger partial charge is 0.498 e. The highest BCUT2D eigenvalue weighted by Crippen LogP contribution is 2.38. The van der Waals surface area contributed by atoms with E-state index >= 15 is 0 Å². The maximum absolute atomic E-state index is 11.8. The number of carbonyl (C=O) groups is 2. The summed E-state index contributed by atoms with van der Waals surface area (Å²) in [6.45, 7) is 4.49. The van der Waals surface area contributed by atoms with Crippen molar-refractivity contribution in [2.24, 2.45) is 17.8 Å². The van der Waals surface area contributed by atoms with Gasteiger partial charge in [0.15, 0.2) is 11.6 Å². The topological polar surface area (TPSA) is 43.4 Å². The number of ketones is 2. The molecule has 3 nitrogen and oxygen atoms in total. The van der Waals surface area contributed by atoms with Crippen LogP contribution in [0.4, 0.5) is 0 Å². The van der Waals surface area contributed by atoms with Crippen LogP contribution >= 0.6 is 0 Å². The third-order valence-corrected chi connectivity index (χ3v) is 3.41. The van der Waals surface area contributed by atoms with E-state index in [2.05, 4.69) is 0 Å². The van der Waals surface area contributed by atoms with E-state index < -0.39 is 0 Å². The Morgan fingerprint density at radius 2 is 2.00 bits per heavy atom. The van der Waals surface area contributed by atoms with Gasteiger partial charge in [0.1, 0.15) is 0 Å². The molecule has 0 heterocycles. The second-order valence-electron chi connectivity index (χ2n) is 4.33. The molecule has 0 amide bonds. The molecule has 3 unspecified atom stereocenters. The summed E-state index contributed by atoms with van der Waals surface area (Å²) in [5.41, 5.74) is 0. The third kappa shape index (κ3) is 1.70. The molecular formula is C13H16O3. The zero-order valence-corrected chi connectivity index (χ0v) is 9.60. The number of hydrogen-bond donors (Lipinski definition) is 0. The lowest BCUT2D eigenvalue weighted by Crippen LogP contribution is -2.39. The molecule has 0 aromatic heterocycles. The summed E-state index contributed by atoms with van der Waals surface area (Å²) in [7, 11) is 0. The fraction of sp³-hybridized carbons (Fsp3) is 0.538. The Hall–Kier alpha value is -1.38. The summed E-state index contributed by atoms with van der Waals surface area (Å²) in [6, 6.07) is 0. The van der Waals surface area contributed by atoms with Gasteiger partial charge in [-0.15, -0.1) is 0 Å². The molecule has 0 N–H and O–H groups in total. The lowest BCUT2D eigenvalue weighted by atomic mass is 9.69. The van der Waals surface area contributed by atoms with E-state index in [-0.39, 0.29) is 29.3 Å². The molecule has 0 aromatic rings. The van der Waals surface area contributed by atoms with Crippen molar-refractivity contribution < 1.29 is 14.3 Å². The molecule has 3 atom stereocenters. The second kappa shape index (κ2) is 4.24. The first-order valence-electron chi connectivity index (χ1n) is 5.73. The van der Waals surface area contributed by atoms with Crippen LogP contribution in [-0.4, -0.2) is 18.2 Å². The molecular weight excluding hydrogens is 204 g/mol. The zero-order chi connectivity index (χ0) is 11.7. The standard InChI is InChI=1S/C13H16O3/c1-3-16-12-7-4-9-10(14)5-6-11(15)13(9)8(12)2/h5-9,13H,3-4H2,1-2H3. The molecule has 2 aliphatic rings. The van der Waals surface area contributed by atoms with Gasteiger partial charge in [-0.1, -0.05) is 6.92 Å². The minimum Gasteiger partial charge on any atom is -0.498 e. The van der Waals surface area contributed by atoms with Crippen molar-refractivity contribution in [3.05, 3.63) is 24.0 Å². The summed E-state index contributed by atoms with van der Waals surface area (Å²) < 4.78 is 5.50. The molecule has 0 saturated heterocycles. The molecule has 0 aliphatic heterocycles. The minimum absolute atomic E-state index is 0.0140. The van der Waals surface area contributed by atoms with Crippen molar-refractivity contribution in [3.63, 3.8) is 0 Å². The Morgan fingerprint density at radius 3 is 2.69 bits per heavy atom. The molecule has 3 heteroatoms. The van der Waals surface area contributed by atoms with Crippen LogP contribution in [0.25, 0.3) is 0 Å². The summed E-state index contributed by atoms with van der Waals surface area (Å²) >= 11 is 0. The lowest BCUT2D eigenvalue weighted by molar-refractivity contribution is -0.131. The molecule has 16 heavy (non-hydrogen) atoms. The van der Waals surface area contributed by atoms with E-state index in [9.17, 15) is 9.59 Å². The fourth-order valence-electron chi connectivity index (χ4n) is 2.59. The highest BCUT2D eigenvalue weighted by molar-refractivity contribution is 6.07. The number of allylic oxidation sites excluding steroid dienone is 4. The quantitative estimate of drug-likeness (QED) is 0.713. The third-order valence-electron chi connectivity index (χ3n) is 3.41. The molecule has 86 valence electrons. The molecule has 2 rings (SSSR count). The first-order chi connectivity index (χ1) is 7.65. The van der Waals surface area contributed by atoms with Gasteiger partial charge in [0.25, 0.3) is 0 Å². The Kier molecular flexibility index (Phi) is 2.95. The van der Waals surface area contributed by atoms with Crippen molar-refractivity contribution in [2.75, 3.05) is 6.61 Å². The second-order valence-corrected chi connectivity index (χ2v) is 4.33. The van der Waals surface area contributed by atoms with Crippen LogP contribution in [0.15, 0.2) is 24.0 Å². The number of hydrogen-bond acceptors (Lipinski definition) is 3. The van der Waals surface area contributed by atoms with Gasteiger partial charge in [0.05, 0.1) is 12.4 Å². The Morgan fingerprint density at radius 1 is 1.31 bits per heavy atom. The SMILES string of the molecule is CCOC1=CCC2C(=O)C=CC(=O)C2C1C. The Labute approximate surface area is 95.2 Å². The van der Waals surface area contributed by atoms with E-state index in [4.69, 9.17) is 4.74 Å². The Balaban J connectivity index is 2.28. The Bertz CT molecular complexity index is 379. The van der Waals surface area contributed by atoms with Gasteiger partial charge < -0.3 is 4.74 Å². The fourth-order valence-corrected chi connectivity index (χ4v) is 2.59. The van der Waals surface area contributed by atoms with Crippen LogP contribution in [0.1, 0.15) is 20.3 Å². The summed E-state index contributed by atoms with van der Waals surface area (Å²) in [5.74, 6) is 0.617. The van der Waals surface area contributed by atoms with E-state index in [1.54, 1.807) is 0 Å². The summed E-state index contributed by atoms with van der Waals surface area (Å²) in [5, 5.41) is 0.